The molecular weight excluding hydrogens is 342 g/mol. The molecule has 3 aromatic rings. The summed E-state index contributed by atoms with van der Waals surface area (Å²) in [5.74, 6) is 0.805. The Bertz CT molecular complexity index is 974. The monoisotopic (exact) mass is 363 g/mol. The van der Waals surface area contributed by atoms with Crippen molar-refractivity contribution in [1.82, 2.24) is 19.8 Å². The summed E-state index contributed by atoms with van der Waals surface area (Å²) in [6.45, 7) is 3.94. The summed E-state index contributed by atoms with van der Waals surface area (Å²) >= 11 is 0. The molecule has 0 aliphatic carbocycles. The Morgan fingerprint density at radius 3 is 2.44 bits per heavy atom. The van der Waals surface area contributed by atoms with E-state index in [4.69, 9.17) is 0 Å². The number of carbonyl (C=O) groups excluding carboxylic acids is 2. The van der Waals surface area contributed by atoms with Gasteiger partial charge < -0.3 is 20.1 Å². The number of hydrogen-bond donors (Lipinski definition) is 2. The molecule has 4 rings (SSSR count). The summed E-state index contributed by atoms with van der Waals surface area (Å²) in [7, 11) is 0. The quantitative estimate of drug-likeness (QED) is 0.735. The van der Waals surface area contributed by atoms with Crippen LogP contribution in [-0.4, -0.2) is 57.9 Å². The fourth-order valence-electron chi connectivity index (χ4n) is 3.29. The van der Waals surface area contributed by atoms with E-state index in [-0.39, 0.29) is 11.9 Å². The molecular formula is C20H21N5O2. The van der Waals surface area contributed by atoms with Crippen molar-refractivity contribution in [3.63, 3.8) is 0 Å². The Morgan fingerprint density at radius 1 is 1.00 bits per heavy atom. The van der Waals surface area contributed by atoms with Crippen molar-refractivity contribution in [2.75, 3.05) is 31.5 Å². The number of aromatic nitrogens is 2. The summed E-state index contributed by atoms with van der Waals surface area (Å²) < 4.78 is 0. The molecule has 27 heavy (non-hydrogen) atoms. The van der Waals surface area contributed by atoms with Crippen LogP contribution in [0.25, 0.3) is 11.0 Å². The first-order valence-electron chi connectivity index (χ1n) is 8.97. The van der Waals surface area contributed by atoms with E-state index < -0.39 is 0 Å². The zero-order valence-corrected chi connectivity index (χ0v) is 15.1. The average Bonchev–Trinajstić information content (AvgIpc) is 3.07. The van der Waals surface area contributed by atoms with Crippen molar-refractivity contribution in [2.45, 2.75) is 6.92 Å². The highest BCUT2D eigenvalue weighted by atomic mass is 16.2. The van der Waals surface area contributed by atoms with Crippen LogP contribution in [0.5, 0.6) is 0 Å². The Morgan fingerprint density at radius 2 is 1.70 bits per heavy atom. The summed E-state index contributed by atoms with van der Waals surface area (Å²) in [6.07, 6.45) is 0. The Hall–Kier alpha value is -3.35. The third-order valence-electron chi connectivity index (χ3n) is 4.73. The van der Waals surface area contributed by atoms with E-state index in [1.54, 1.807) is 15.9 Å². The molecule has 2 heterocycles. The lowest BCUT2D eigenvalue weighted by atomic mass is 10.1. The molecule has 1 aliphatic heterocycles. The first-order chi connectivity index (χ1) is 13.1. The van der Waals surface area contributed by atoms with Crippen LogP contribution in [0.3, 0.4) is 0 Å². The lowest BCUT2D eigenvalue weighted by Gasteiger charge is -2.34. The van der Waals surface area contributed by atoms with Crippen molar-refractivity contribution >= 4 is 28.7 Å². The molecule has 1 aromatic heterocycles. The van der Waals surface area contributed by atoms with Crippen LogP contribution in [0.2, 0.25) is 0 Å². The van der Waals surface area contributed by atoms with E-state index in [2.05, 4.69) is 15.3 Å². The van der Waals surface area contributed by atoms with Gasteiger partial charge in [-0.3, -0.25) is 4.79 Å². The van der Waals surface area contributed by atoms with E-state index in [9.17, 15) is 9.59 Å². The molecule has 1 fully saturated rings. The molecule has 1 saturated heterocycles. The van der Waals surface area contributed by atoms with E-state index >= 15 is 0 Å². The summed E-state index contributed by atoms with van der Waals surface area (Å²) in [5, 5.41) is 2.88. The number of nitrogens with one attached hydrogen (secondary N) is 2. The molecule has 0 spiro atoms. The average molecular weight is 363 g/mol. The maximum Gasteiger partial charge on any atom is 0.321 e. The number of hydrogen-bond acceptors (Lipinski definition) is 3. The predicted octanol–water partition coefficient (Wildman–Crippen LogP) is 2.86. The van der Waals surface area contributed by atoms with Gasteiger partial charge in [0.05, 0.1) is 11.0 Å². The number of amides is 3. The number of rotatable bonds is 2. The van der Waals surface area contributed by atoms with Crippen LogP contribution in [-0.2, 0) is 0 Å². The van der Waals surface area contributed by atoms with Crippen molar-refractivity contribution in [3.05, 3.63) is 59.9 Å². The number of imidazole rings is 1. The normalized spacial score (nSPS) is 14.4. The van der Waals surface area contributed by atoms with E-state index in [1.807, 2.05) is 49.4 Å². The fourth-order valence-corrected chi connectivity index (χ4v) is 3.29. The van der Waals surface area contributed by atoms with Crippen molar-refractivity contribution in [1.29, 1.82) is 0 Å². The summed E-state index contributed by atoms with van der Waals surface area (Å²) in [4.78, 5) is 36.2. The lowest BCUT2D eigenvalue weighted by molar-refractivity contribution is 0.0672. The third kappa shape index (κ3) is 3.62. The minimum absolute atomic E-state index is 0.0210. The topological polar surface area (TPSA) is 81.3 Å². The number of nitrogens with zero attached hydrogens (tertiary/aromatic N) is 3. The Labute approximate surface area is 157 Å². The molecule has 0 unspecified atom stereocenters. The second-order valence-electron chi connectivity index (χ2n) is 6.63. The van der Waals surface area contributed by atoms with Gasteiger partial charge in [0.25, 0.3) is 5.91 Å². The molecule has 7 nitrogen and oxygen atoms in total. The van der Waals surface area contributed by atoms with Crippen molar-refractivity contribution in [3.8, 4) is 0 Å². The van der Waals surface area contributed by atoms with Gasteiger partial charge in [0, 0.05) is 37.4 Å². The highest BCUT2D eigenvalue weighted by Gasteiger charge is 2.25. The zero-order valence-electron chi connectivity index (χ0n) is 15.1. The van der Waals surface area contributed by atoms with Gasteiger partial charge in [-0.05, 0) is 37.3 Å². The lowest BCUT2D eigenvalue weighted by Crippen LogP contribution is -2.51. The Kier molecular flexibility index (Phi) is 4.50. The maximum absolute atomic E-state index is 12.8. The number of para-hydroxylation sites is 1. The molecule has 1 aliphatic rings. The van der Waals surface area contributed by atoms with Gasteiger partial charge in [-0.15, -0.1) is 0 Å². The second kappa shape index (κ2) is 7.11. The number of carbonyl (C=O) groups is 2. The maximum atomic E-state index is 12.8. The van der Waals surface area contributed by atoms with Gasteiger partial charge in [-0.2, -0.15) is 0 Å². The minimum atomic E-state index is -0.136. The van der Waals surface area contributed by atoms with Crippen LogP contribution < -0.4 is 5.32 Å². The number of benzene rings is 2. The summed E-state index contributed by atoms with van der Waals surface area (Å²) in [5.41, 5.74) is 3.11. The standard InChI is InChI=1S/C20H21N5O2/c1-14-21-17-8-7-15(13-18(17)22-14)19(26)24-9-11-25(12-10-24)20(27)23-16-5-3-2-4-6-16/h2-8,13H,9-12H2,1H3,(H,21,22)(H,23,27). The van der Waals surface area contributed by atoms with E-state index in [0.717, 1.165) is 22.5 Å². The number of aromatic amines is 1. The third-order valence-corrected chi connectivity index (χ3v) is 4.73. The van der Waals surface area contributed by atoms with E-state index in [0.29, 0.717) is 31.7 Å². The van der Waals surface area contributed by atoms with Gasteiger partial charge in [-0.25, -0.2) is 9.78 Å². The van der Waals surface area contributed by atoms with Gasteiger partial charge in [0.2, 0.25) is 0 Å². The number of piperazine rings is 1. The molecule has 138 valence electrons. The molecule has 0 saturated carbocycles. The van der Waals surface area contributed by atoms with Crippen LogP contribution in [0, 0.1) is 6.92 Å². The summed E-state index contributed by atoms with van der Waals surface area (Å²) in [6, 6.07) is 14.7. The molecule has 0 bridgehead atoms. The van der Waals surface area contributed by atoms with Crippen molar-refractivity contribution < 1.29 is 9.59 Å². The fraction of sp³-hybridized carbons (Fsp3) is 0.250. The first kappa shape index (κ1) is 17.1. The van der Waals surface area contributed by atoms with Gasteiger partial charge in [0.15, 0.2) is 0 Å². The smallest absolute Gasteiger partial charge is 0.321 e. The molecule has 0 atom stereocenters. The van der Waals surface area contributed by atoms with Gasteiger partial charge in [-0.1, -0.05) is 18.2 Å². The molecule has 7 heteroatoms. The van der Waals surface area contributed by atoms with Crippen molar-refractivity contribution in [2.24, 2.45) is 0 Å². The molecule has 2 N–H and O–H groups in total. The second-order valence-corrected chi connectivity index (χ2v) is 6.63. The van der Waals surface area contributed by atoms with Gasteiger partial charge in [0.1, 0.15) is 5.82 Å². The minimum Gasteiger partial charge on any atom is -0.342 e. The van der Waals surface area contributed by atoms with Crippen LogP contribution in [0.15, 0.2) is 48.5 Å². The number of anilines is 1. The van der Waals surface area contributed by atoms with Crippen LogP contribution in [0.1, 0.15) is 16.2 Å². The molecule has 2 aromatic carbocycles. The Balaban J connectivity index is 1.37. The molecule has 0 radical (unpaired) electrons. The SMILES string of the molecule is Cc1nc2ccc(C(=O)N3CCN(C(=O)Nc4ccccc4)CC3)cc2[nH]1. The number of H-pyrrole nitrogens is 1. The predicted molar refractivity (Wildman–Crippen MR) is 104 cm³/mol. The largest absolute Gasteiger partial charge is 0.342 e. The van der Waals surface area contributed by atoms with Crippen LogP contribution in [0.4, 0.5) is 10.5 Å². The number of urea groups is 1. The molecule has 3 amide bonds. The van der Waals surface area contributed by atoms with Crippen LogP contribution >= 0.6 is 0 Å². The number of fused-ring (bicyclic) bond motifs is 1. The van der Waals surface area contributed by atoms with Gasteiger partial charge >= 0.3 is 6.03 Å². The highest BCUT2D eigenvalue weighted by Crippen LogP contribution is 2.16. The first-order valence-corrected chi connectivity index (χ1v) is 8.97. The highest BCUT2D eigenvalue weighted by molar-refractivity contribution is 5.97. The number of aryl methyl sites for hydroxylation is 1. The van der Waals surface area contributed by atoms with E-state index in [1.165, 1.54) is 0 Å². The zero-order chi connectivity index (χ0) is 18.8.